The summed E-state index contributed by atoms with van der Waals surface area (Å²) in [4.78, 5) is 15.7. The van der Waals surface area contributed by atoms with E-state index in [9.17, 15) is 9.18 Å². The molecule has 0 aromatic heterocycles. The van der Waals surface area contributed by atoms with Crippen LogP contribution in [0.4, 0.5) is 21.5 Å². The van der Waals surface area contributed by atoms with E-state index in [1.807, 2.05) is 30.3 Å². The largest absolute Gasteiger partial charge is 0.311 e. The van der Waals surface area contributed by atoms with Crippen LogP contribution in [0.1, 0.15) is 15.9 Å². The van der Waals surface area contributed by atoms with E-state index in [2.05, 4.69) is 126 Å². The second kappa shape index (κ2) is 11.5. The highest BCUT2D eigenvalue weighted by Crippen LogP contribution is 2.43. The number of halogens is 1. The maximum atomic E-state index is 14.0. The van der Waals surface area contributed by atoms with Crippen LogP contribution >= 0.6 is 0 Å². The summed E-state index contributed by atoms with van der Waals surface area (Å²) in [6.07, 6.45) is 0. The summed E-state index contributed by atoms with van der Waals surface area (Å²) in [6, 6.07) is 56.6. The molecule has 0 atom stereocenters. The number of carbonyl (C=O) groups is 1. The molecule has 0 aliphatic heterocycles. The van der Waals surface area contributed by atoms with Crippen LogP contribution in [-0.2, 0) is 0 Å². The van der Waals surface area contributed by atoms with E-state index < -0.39 is 5.82 Å². The van der Waals surface area contributed by atoms with Gasteiger partial charge in [-0.3, -0.25) is 4.79 Å². The van der Waals surface area contributed by atoms with Crippen LogP contribution in [0.15, 0.2) is 170 Å². The van der Waals surface area contributed by atoms with Gasteiger partial charge in [0, 0.05) is 28.2 Å². The molecular weight excluding hydrogens is 565 g/mol. The molecule has 0 heterocycles. The number of ketones is 1. The predicted octanol–water partition coefficient (Wildman–Crippen LogP) is 11.5. The van der Waals surface area contributed by atoms with E-state index in [4.69, 9.17) is 0 Å². The number of carbonyl (C=O) groups excluding carboxylic acids is 1. The summed E-state index contributed by atoms with van der Waals surface area (Å²) < 4.78 is 14.0. The standard InChI is InChI=1S/C43H28FNO/c44-34-20-27-39-40-13-7-12-38(42(40)43(46)41(39)28-34)33-18-25-37(26-19-33)45(35-21-14-31(15-22-35)29-8-3-1-4-9-29)36-23-16-32(17-24-36)30-10-5-2-6-11-30/h1-28H. The lowest BCUT2D eigenvalue weighted by atomic mass is 9.95. The lowest BCUT2D eigenvalue weighted by molar-refractivity contribution is 0.104. The number of anilines is 3. The van der Waals surface area contributed by atoms with Crippen LogP contribution in [0.2, 0.25) is 0 Å². The zero-order valence-electron chi connectivity index (χ0n) is 24.9. The zero-order valence-corrected chi connectivity index (χ0v) is 24.9. The van der Waals surface area contributed by atoms with Gasteiger partial charge in [-0.05, 0) is 93.0 Å². The average Bonchev–Trinajstić information content (AvgIpc) is 3.41. The van der Waals surface area contributed by atoms with Crippen molar-refractivity contribution in [1.82, 2.24) is 0 Å². The second-order valence-electron chi connectivity index (χ2n) is 11.5. The number of nitrogens with zero attached hydrogens (tertiary/aromatic N) is 1. The SMILES string of the molecule is O=C1c2cc(F)ccc2-c2cccc(-c3ccc(N(c4ccc(-c5ccccc5)cc4)c4ccc(-c5ccccc5)cc4)cc3)c21. The molecular formula is C43H28FNO. The van der Waals surface area contributed by atoms with Crippen molar-refractivity contribution in [1.29, 1.82) is 0 Å². The number of benzene rings is 7. The minimum atomic E-state index is -0.403. The quantitative estimate of drug-likeness (QED) is 0.191. The van der Waals surface area contributed by atoms with Crippen LogP contribution in [0, 0.1) is 5.82 Å². The van der Waals surface area contributed by atoms with Crippen LogP contribution < -0.4 is 4.90 Å². The molecule has 0 bridgehead atoms. The molecule has 0 unspecified atom stereocenters. The number of hydrogen-bond acceptors (Lipinski definition) is 2. The van der Waals surface area contributed by atoms with Gasteiger partial charge in [0.1, 0.15) is 5.82 Å². The molecule has 3 heteroatoms. The highest BCUT2D eigenvalue weighted by atomic mass is 19.1. The first kappa shape index (κ1) is 27.5. The third-order valence-corrected chi connectivity index (χ3v) is 8.71. The van der Waals surface area contributed by atoms with Crippen molar-refractivity contribution in [3.05, 3.63) is 187 Å². The molecule has 1 aliphatic rings. The Balaban J connectivity index is 1.18. The summed E-state index contributed by atoms with van der Waals surface area (Å²) >= 11 is 0. The first-order valence-electron chi connectivity index (χ1n) is 15.3. The second-order valence-corrected chi connectivity index (χ2v) is 11.5. The Kier molecular flexibility index (Phi) is 6.85. The summed E-state index contributed by atoms with van der Waals surface area (Å²) in [5.41, 5.74) is 12.2. The summed E-state index contributed by atoms with van der Waals surface area (Å²) in [5.74, 6) is -0.540. The molecule has 218 valence electrons. The van der Waals surface area contributed by atoms with Crippen molar-refractivity contribution >= 4 is 22.8 Å². The van der Waals surface area contributed by atoms with Crippen molar-refractivity contribution in [2.75, 3.05) is 4.90 Å². The molecule has 8 rings (SSSR count). The van der Waals surface area contributed by atoms with Crippen LogP contribution in [0.5, 0.6) is 0 Å². The topological polar surface area (TPSA) is 20.3 Å². The summed E-state index contributed by atoms with van der Waals surface area (Å²) in [5, 5.41) is 0. The first-order chi connectivity index (χ1) is 22.6. The molecule has 2 nitrogen and oxygen atoms in total. The van der Waals surface area contributed by atoms with Crippen molar-refractivity contribution in [2.45, 2.75) is 0 Å². The molecule has 0 N–H and O–H groups in total. The Labute approximate surface area is 267 Å². The fraction of sp³-hybridized carbons (Fsp3) is 0. The minimum Gasteiger partial charge on any atom is -0.311 e. The van der Waals surface area contributed by atoms with Gasteiger partial charge in [0.15, 0.2) is 5.78 Å². The third-order valence-electron chi connectivity index (χ3n) is 8.71. The molecule has 0 amide bonds. The lowest BCUT2D eigenvalue weighted by Gasteiger charge is -2.26. The van der Waals surface area contributed by atoms with Crippen molar-refractivity contribution in [2.24, 2.45) is 0 Å². The van der Waals surface area contributed by atoms with E-state index in [0.717, 1.165) is 50.4 Å². The van der Waals surface area contributed by atoms with Gasteiger partial charge < -0.3 is 4.90 Å². The number of hydrogen-bond donors (Lipinski definition) is 0. The average molecular weight is 594 g/mol. The van der Waals surface area contributed by atoms with Gasteiger partial charge in [-0.25, -0.2) is 4.39 Å². The summed E-state index contributed by atoms with van der Waals surface area (Å²) in [7, 11) is 0. The molecule has 0 saturated heterocycles. The van der Waals surface area contributed by atoms with E-state index in [1.54, 1.807) is 6.07 Å². The highest BCUT2D eigenvalue weighted by Gasteiger charge is 2.29. The summed E-state index contributed by atoms with van der Waals surface area (Å²) in [6.45, 7) is 0. The van der Waals surface area contributed by atoms with E-state index >= 15 is 0 Å². The molecule has 0 spiro atoms. The fourth-order valence-electron chi connectivity index (χ4n) is 6.44. The molecule has 0 radical (unpaired) electrons. The predicted molar refractivity (Wildman–Crippen MR) is 186 cm³/mol. The maximum absolute atomic E-state index is 14.0. The van der Waals surface area contributed by atoms with Crippen molar-refractivity contribution < 1.29 is 9.18 Å². The molecule has 7 aromatic carbocycles. The van der Waals surface area contributed by atoms with Crippen LogP contribution in [-0.4, -0.2) is 5.78 Å². The Morgan fingerprint density at radius 3 is 1.35 bits per heavy atom. The minimum absolute atomic E-state index is 0.136. The van der Waals surface area contributed by atoms with Gasteiger partial charge in [-0.1, -0.05) is 121 Å². The van der Waals surface area contributed by atoms with Gasteiger partial charge >= 0.3 is 0 Å². The van der Waals surface area contributed by atoms with E-state index in [0.29, 0.717) is 11.1 Å². The Morgan fingerprint density at radius 2 is 0.826 bits per heavy atom. The molecule has 7 aromatic rings. The van der Waals surface area contributed by atoms with Crippen LogP contribution in [0.3, 0.4) is 0 Å². The molecule has 46 heavy (non-hydrogen) atoms. The van der Waals surface area contributed by atoms with Crippen LogP contribution in [0.25, 0.3) is 44.5 Å². The fourth-order valence-corrected chi connectivity index (χ4v) is 6.44. The zero-order chi connectivity index (χ0) is 31.0. The van der Waals surface area contributed by atoms with Gasteiger partial charge in [0.25, 0.3) is 0 Å². The van der Waals surface area contributed by atoms with Gasteiger partial charge in [-0.15, -0.1) is 0 Å². The van der Waals surface area contributed by atoms with Gasteiger partial charge in [0.2, 0.25) is 0 Å². The Bertz CT molecular complexity index is 2110. The van der Waals surface area contributed by atoms with Crippen molar-refractivity contribution in [3.8, 4) is 44.5 Å². The van der Waals surface area contributed by atoms with Gasteiger partial charge in [-0.2, -0.15) is 0 Å². The highest BCUT2D eigenvalue weighted by molar-refractivity contribution is 6.24. The van der Waals surface area contributed by atoms with E-state index in [-0.39, 0.29) is 5.78 Å². The monoisotopic (exact) mass is 593 g/mol. The number of fused-ring (bicyclic) bond motifs is 3. The smallest absolute Gasteiger partial charge is 0.195 e. The molecule has 1 aliphatic carbocycles. The maximum Gasteiger partial charge on any atom is 0.195 e. The number of rotatable bonds is 6. The normalized spacial score (nSPS) is 11.6. The molecule has 0 saturated carbocycles. The third kappa shape index (κ3) is 4.89. The lowest BCUT2D eigenvalue weighted by Crippen LogP contribution is -2.09. The van der Waals surface area contributed by atoms with Crippen molar-refractivity contribution in [3.63, 3.8) is 0 Å². The Morgan fingerprint density at radius 1 is 0.370 bits per heavy atom. The van der Waals surface area contributed by atoms with Gasteiger partial charge in [0.05, 0.1) is 0 Å². The first-order valence-corrected chi connectivity index (χ1v) is 15.3. The molecule has 0 fully saturated rings. The Hall–Kier alpha value is -6.06. The van der Waals surface area contributed by atoms with E-state index in [1.165, 1.54) is 23.3 Å².